The first-order valence-corrected chi connectivity index (χ1v) is 8.04. The van der Waals surface area contributed by atoms with Crippen LogP contribution in [0.1, 0.15) is 35.9 Å². The molecule has 4 N–H and O–H groups in total. The lowest BCUT2D eigenvalue weighted by molar-refractivity contribution is 0.0942. The summed E-state index contributed by atoms with van der Waals surface area (Å²) in [5.74, 6) is 0.229. The molecule has 6 nitrogen and oxygen atoms in total. The van der Waals surface area contributed by atoms with Gasteiger partial charge in [0.25, 0.3) is 5.91 Å². The van der Waals surface area contributed by atoms with Gasteiger partial charge in [-0.1, -0.05) is 11.3 Å². The number of hydrogen-bond acceptors (Lipinski definition) is 6. The molecule has 1 aromatic rings. The SMILES string of the molecule is CCNc1nc(N)c(C(=O)NC2CCN(C3CC3)C2)s1. The number of nitrogens with one attached hydrogen (secondary N) is 2. The minimum absolute atomic E-state index is 0.0909. The Morgan fingerprint density at radius 1 is 1.50 bits per heavy atom. The van der Waals surface area contributed by atoms with E-state index in [9.17, 15) is 4.79 Å². The number of likely N-dealkylation sites (tertiary alicyclic amines) is 1. The van der Waals surface area contributed by atoms with Crippen LogP contribution in [-0.4, -0.2) is 47.5 Å². The number of nitrogens with zero attached hydrogens (tertiary/aromatic N) is 2. The van der Waals surface area contributed by atoms with Gasteiger partial charge in [-0.3, -0.25) is 9.69 Å². The van der Waals surface area contributed by atoms with Crippen molar-refractivity contribution in [3.8, 4) is 0 Å². The van der Waals surface area contributed by atoms with Gasteiger partial charge in [-0.2, -0.15) is 0 Å². The second kappa shape index (κ2) is 5.57. The Kier molecular flexibility index (Phi) is 3.80. The Hall–Kier alpha value is -1.34. The number of carbonyl (C=O) groups is 1. The molecular formula is C13H21N5OS. The van der Waals surface area contributed by atoms with E-state index in [1.807, 2.05) is 6.92 Å². The van der Waals surface area contributed by atoms with Gasteiger partial charge in [0.05, 0.1) is 0 Å². The van der Waals surface area contributed by atoms with Crippen LogP contribution in [0.25, 0.3) is 0 Å². The van der Waals surface area contributed by atoms with E-state index in [4.69, 9.17) is 5.73 Å². The Morgan fingerprint density at radius 3 is 3.00 bits per heavy atom. The highest BCUT2D eigenvalue weighted by atomic mass is 32.1. The Morgan fingerprint density at radius 2 is 2.30 bits per heavy atom. The molecule has 0 radical (unpaired) electrons. The first kappa shape index (κ1) is 13.6. The van der Waals surface area contributed by atoms with Gasteiger partial charge in [-0.15, -0.1) is 0 Å². The van der Waals surface area contributed by atoms with Gasteiger partial charge in [-0.05, 0) is 26.2 Å². The Bertz CT molecular complexity index is 499. The largest absolute Gasteiger partial charge is 0.382 e. The summed E-state index contributed by atoms with van der Waals surface area (Å²) in [5.41, 5.74) is 5.82. The number of aromatic nitrogens is 1. The molecule has 2 aliphatic rings. The molecule has 7 heteroatoms. The fourth-order valence-electron chi connectivity index (χ4n) is 2.65. The molecule has 110 valence electrons. The zero-order valence-corrected chi connectivity index (χ0v) is 12.5. The van der Waals surface area contributed by atoms with Crippen LogP contribution in [-0.2, 0) is 0 Å². The van der Waals surface area contributed by atoms with Crippen LogP contribution in [0, 0.1) is 0 Å². The maximum Gasteiger partial charge on any atom is 0.265 e. The number of anilines is 2. The van der Waals surface area contributed by atoms with Crippen molar-refractivity contribution in [2.24, 2.45) is 0 Å². The van der Waals surface area contributed by atoms with E-state index in [1.54, 1.807) is 0 Å². The van der Waals surface area contributed by atoms with Gasteiger partial charge in [0.2, 0.25) is 0 Å². The molecule has 1 saturated heterocycles. The van der Waals surface area contributed by atoms with E-state index >= 15 is 0 Å². The molecule has 1 aromatic heterocycles. The fraction of sp³-hybridized carbons (Fsp3) is 0.692. The average Bonchev–Trinajstić information content (AvgIpc) is 3.05. The number of nitrogens with two attached hydrogens (primary N) is 1. The molecule has 20 heavy (non-hydrogen) atoms. The predicted molar refractivity (Wildman–Crippen MR) is 81.2 cm³/mol. The topological polar surface area (TPSA) is 83.3 Å². The van der Waals surface area contributed by atoms with Crippen molar-refractivity contribution in [1.82, 2.24) is 15.2 Å². The highest BCUT2D eigenvalue weighted by Crippen LogP contribution is 2.30. The Balaban J connectivity index is 1.58. The van der Waals surface area contributed by atoms with Crippen molar-refractivity contribution < 1.29 is 4.79 Å². The molecule has 3 rings (SSSR count). The van der Waals surface area contributed by atoms with E-state index in [0.717, 1.165) is 32.1 Å². The van der Waals surface area contributed by atoms with E-state index in [0.29, 0.717) is 15.8 Å². The predicted octanol–water partition coefficient (Wildman–Crippen LogP) is 1.12. The van der Waals surface area contributed by atoms with Crippen molar-refractivity contribution in [1.29, 1.82) is 0 Å². The summed E-state index contributed by atoms with van der Waals surface area (Å²) in [4.78, 5) is 19.4. The van der Waals surface area contributed by atoms with Crippen LogP contribution in [0.5, 0.6) is 0 Å². The molecule has 1 atom stereocenters. The summed E-state index contributed by atoms with van der Waals surface area (Å²) >= 11 is 1.32. The molecule has 1 saturated carbocycles. The van der Waals surface area contributed by atoms with Gasteiger partial charge in [0, 0.05) is 31.7 Å². The third kappa shape index (κ3) is 2.88. The zero-order chi connectivity index (χ0) is 14.1. The van der Waals surface area contributed by atoms with Crippen LogP contribution >= 0.6 is 11.3 Å². The summed E-state index contributed by atoms with van der Waals surface area (Å²) in [6.45, 7) is 4.82. The van der Waals surface area contributed by atoms with E-state index in [2.05, 4.69) is 20.5 Å². The molecule has 0 spiro atoms. The molecule has 1 aliphatic heterocycles. The summed E-state index contributed by atoms with van der Waals surface area (Å²) < 4.78 is 0. The minimum atomic E-state index is -0.0909. The van der Waals surface area contributed by atoms with E-state index in [1.165, 1.54) is 24.2 Å². The monoisotopic (exact) mass is 295 g/mol. The number of amides is 1. The quantitative estimate of drug-likeness (QED) is 0.758. The van der Waals surface area contributed by atoms with Crippen molar-refractivity contribution in [3.05, 3.63) is 4.88 Å². The Labute approximate surface area is 122 Å². The van der Waals surface area contributed by atoms with Crippen molar-refractivity contribution in [2.75, 3.05) is 30.7 Å². The second-order valence-corrected chi connectivity index (χ2v) is 6.45. The molecule has 1 unspecified atom stereocenters. The van der Waals surface area contributed by atoms with Gasteiger partial charge in [0.15, 0.2) is 5.13 Å². The van der Waals surface area contributed by atoms with Crippen molar-refractivity contribution in [2.45, 2.75) is 38.3 Å². The summed E-state index contributed by atoms with van der Waals surface area (Å²) in [7, 11) is 0. The first-order chi connectivity index (χ1) is 9.67. The number of nitrogen functional groups attached to an aromatic ring is 1. The third-order valence-corrected chi connectivity index (χ3v) is 4.83. The molecular weight excluding hydrogens is 274 g/mol. The normalized spacial score (nSPS) is 22.9. The number of rotatable bonds is 5. The smallest absolute Gasteiger partial charge is 0.265 e. The molecule has 0 bridgehead atoms. The molecule has 1 amide bonds. The zero-order valence-electron chi connectivity index (χ0n) is 11.7. The maximum absolute atomic E-state index is 12.3. The van der Waals surface area contributed by atoms with Crippen LogP contribution in [0.4, 0.5) is 10.9 Å². The number of carbonyl (C=O) groups excluding carboxylic acids is 1. The standard InChI is InChI=1S/C13H21N5OS/c1-2-15-13-17-11(14)10(20-13)12(19)16-8-5-6-18(7-8)9-3-4-9/h8-9H,2-7,14H2,1H3,(H,15,17)(H,16,19). The van der Waals surface area contributed by atoms with Crippen molar-refractivity contribution >= 4 is 28.2 Å². The number of thiazole rings is 1. The lowest BCUT2D eigenvalue weighted by Gasteiger charge is -2.15. The van der Waals surface area contributed by atoms with Crippen molar-refractivity contribution in [3.63, 3.8) is 0 Å². The molecule has 1 aliphatic carbocycles. The lowest BCUT2D eigenvalue weighted by atomic mass is 10.2. The maximum atomic E-state index is 12.3. The van der Waals surface area contributed by atoms with Gasteiger partial charge >= 0.3 is 0 Å². The van der Waals surface area contributed by atoms with Gasteiger partial charge < -0.3 is 16.4 Å². The van der Waals surface area contributed by atoms with Crippen LogP contribution in [0.15, 0.2) is 0 Å². The number of hydrogen-bond donors (Lipinski definition) is 3. The van der Waals surface area contributed by atoms with Crippen LogP contribution < -0.4 is 16.4 Å². The van der Waals surface area contributed by atoms with E-state index < -0.39 is 0 Å². The summed E-state index contributed by atoms with van der Waals surface area (Å²) in [6, 6.07) is 1.01. The average molecular weight is 295 g/mol. The highest BCUT2D eigenvalue weighted by Gasteiger charge is 2.35. The first-order valence-electron chi connectivity index (χ1n) is 7.22. The minimum Gasteiger partial charge on any atom is -0.382 e. The van der Waals surface area contributed by atoms with Crippen LogP contribution in [0.3, 0.4) is 0 Å². The lowest BCUT2D eigenvalue weighted by Crippen LogP contribution is -2.37. The fourth-order valence-corrected chi connectivity index (χ4v) is 3.50. The van der Waals surface area contributed by atoms with Crippen LogP contribution in [0.2, 0.25) is 0 Å². The molecule has 0 aromatic carbocycles. The second-order valence-electron chi connectivity index (χ2n) is 5.45. The summed E-state index contributed by atoms with van der Waals surface area (Å²) in [6.07, 6.45) is 3.66. The molecule has 2 heterocycles. The van der Waals surface area contributed by atoms with Gasteiger partial charge in [-0.25, -0.2) is 4.98 Å². The van der Waals surface area contributed by atoms with E-state index in [-0.39, 0.29) is 11.9 Å². The highest BCUT2D eigenvalue weighted by molar-refractivity contribution is 7.18. The third-order valence-electron chi connectivity index (χ3n) is 3.81. The summed E-state index contributed by atoms with van der Waals surface area (Å²) in [5, 5.41) is 6.88. The van der Waals surface area contributed by atoms with Gasteiger partial charge in [0.1, 0.15) is 10.7 Å². The molecule has 2 fully saturated rings.